The molecule has 0 atom stereocenters. The van der Waals surface area contributed by atoms with Crippen LogP contribution in [0.3, 0.4) is 0 Å². The van der Waals surface area contributed by atoms with Crippen molar-refractivity contribution in [3.8, 4) is 0 Å². The van der Waals surface area contributed by atoms with Crippen LogP contribution in [0, 0.1) is 0 Å². The minimum atomic E-state index is -0.583. The smallest absolute Gasteiger partial charge is 0.0730 e. The SMILES string of the molecule is CC1=C(C)[Si](c2ccccc2)C(C)=C1C. The predicted molar refractivity (Wildman–Crippen MR) is 68.6 cm³/mol. The normalized spacial score (nSPS) is 17.9. The molecule has 0 spiro atoms. The zero-order valence-electron chi connectivity index (χ0n) is 9.89. The summed E-state index contributed by atoms with van der Waals surface area (Å²) in [4.78, 5) is 0. The Balaban J connectivity index is 2.50. The van der Waals surface area contributed by atoms with E-state index in [1.807, 2.05) is 0 Å². The molecular formula is C14H17Si. The molecule has 1 radical (unpaired) electrons. The third-order valence-electron chi connectivity index (χ3n) is 3.50. The third kappa shape index (κ3) is 1.61. The Kier molecular flexibility index (Phi) is 2.66. The second-order valence-corrected chi connectivity index (χ2v) is 7.07. The molecule has 0 N–H and O–H groups in total. The molecule has 15 heavy (non-hydrogen) atoms. The standard InChI is InChI=1S/C14H17Si/c1-10-11(2)13(4)15(12(10)3)14-8-6-5-7-9-14/h5-9H,1-4H3. The summed E-state index contributed by atoms with van der Waals surface area (Å²) in [5, 5.41) is 4.75. The molecule has 0 fully saturated rings. The van der Waals surface area contributed by atoms with Crippen LogP contribution in [0.4, 0.5) is 0 Å². The molecule has 1 aromatic rings. The van der Waals surface area contributed by atoms with Crippen molar-refractivity contribution in [2.75, 3.05) is 0 Å². The van der Waals surface area contributed by atoms with Gasteiger partial charge in [0, 0.05) is 0 Å². The Labute approximate surface area is 93.9 Å². The Morgan fingerprint density at radius 3 is 1.67 bits per heavy atom. The maximum Gasteiger partial charge on any atom is 0.146 e. The third-order valence-corrected chi connectivity index (χ3v) is 6.66. The molecule has 0 saturated carbocycles. The van der Waals surface area contributed by atoms with Gasteiger partial charge in [-0.15, -0.1) is 0 Å². The summed E-state index contributed by atoms with van der Waals surface area (Å²) in [6.07, 6.45) is 0. The molecule has 0 nitrogen and oxygen atoms in total. The van der Waals surface area contributed by atoms with E-state index < -0.39 is 8.80 Å². The van der Waals surface area contributed by atoms with Crippen LogP contribution in [0.1, 0.15) is 27.7 Å². The van der Waals surface area contributed by atoms with Gasteiger partial charge in [-0.05, 0) is 27.7 Å². The van der Waals surface area contributed by atoms with E-state index in [9.17, 15) is 0 Å². The van der Waals surface area contributed by atoms with Crippen LogP contribution < -0.4 is 5.19 Å². The second-order valence-electron chi connectivity index (χ2n) is 4.24. The monoisotopic (exact) mass is 213 g/mol. The molecule has 1 heteroatoms. The number of allylic oxidation sites excluding steroid dienone is 4. The van der Waals surface area contributed by atoms with Gasteiger partial charge in [0.25, 0.3) is 0 Å². The van der Waals surface area contributed by atoms with E-state index in [0.29, 0.717) is 0 Å². The van der Waals surface area contributed by atoms with Gasteiger partial charge in [-0.3, -0.25) is 0 Å². The van der Waals surface area contributed by atoms with Crippen molar-refractivity contribution >= 4 is 14.0 Å². The average Bonchev–Trinajstić information content (AvgIpc) is 2.45. The van der Waals surface area contributed by atoms with Crippen LogP contribution >= 0.6 is 0 Å². The van der Waals surface area contributed by atoms with Gasteiger partial charge >= 0.3 is 0 Å². The maximum atomic E-state index is 2.30. The van der Waals surface area contributed by atoms with E-state index >= 15 is 0 Å². The van der Waals surface area contributed by atoms with Gasteiger partial charge in [0.05, 0.1) is 0 Å². The van der Waals surface area contributed by atoms with Crippen molar-refractivity contribution in [2.45, 2.75) is 27.7 Å². The average molecular weight is 213 g/mol. The molecule has 1 aliphatic rings. The van der Waals surface area contributed by atoms with E-state index in [1.165, 1.54) is 16.3 Å². The van der Waals surface area contributed by atoms with Crippen LogP contribution in [-0.2, 0) is 0 Å². The van der Waals surface area contributed by atoms with Gasteiger partial charge in [-0.25, -0.2) is 0 Å². The Hall–Kier alpha value is -1.08. The number of benzene rings is 1. The van der Waals surface area contributed by atoms with Gasteiger partial charge in [0.15, 0.2) is 0 Å². The highest BCUT2D eigenvalue weighted by Crippen LogP contribution is 2.30. The van der Waals surface area contributed by atoms with Gasteiger partial charge in [0.2, 0.25) is 0 Å². The van der Waals surface area contributed by atoms with E-state index in [2.05, 4.69) is 58.0 Å². The lowest BCUT2D eigenvalue weighted by Crippen LogP contribution is -2.31. The van der Waals surface area contributed by atoms with Crippen molar-refractivity contribution in [3.63, 3.8) is 0 Å². The lowest BCUT2D eigenvalue weighted by atomic mass is 10.1. The van der Waals surface area contributed by atoms with Crippen molar-refractivity contribution < 1.29 is 0 Å². The first kappa shape index (κ1) is 10.4. The highest BCUT2D eigenvalue weighted by molar-refractivity contribution is 6.86. The van der Waals surface area contributed by atoms with E-state index in [-0.39, 0.29) is 0 Å². The number of rotatable bonds is 1. The zero-order valence-corrected chi connectivity index (χ0v) is 10.9. The van der Waals surface area contributed by atoms with Crippen LogP contribution in [-0.4, -0.2) is 8.80 Å². The van der Waals surface area contributed by atoms with E-state index in [0.717, 1.165) is 0 Å². The minimum Gasteiger partial charge on any atom is -0.0730 e. The zero-order chi connectivity index (χ0) is 11.0. The summed E-state index contributed by atoms with van der Waals surface area (Å²) in [6.45, 7) is 9.12. The molecule has 0 aromatic heterocycles. The minimum absolute atomic E-state index is 0.583. The fourth-order valence-corrected chi connectivity index (χ4v) is 5.34. The fourth-order valence-electron chi connectivity index (χ4n) is 2.26. The predicted octanol–water partition coefficient (Wildman–Crippen LogP) is 3.15. The number of hydrogen-bond donors (Lipinski definition) is 0. The molecule has 0 aliphatic carbocycles. The molecule has 0 amide bonds. The topological polar surface area (TPSA) is 0 Å². The lowest BCUT2D eigenvalue weighted by molar-refractivity contribution is 1.31. The van der Waals surface area contributed by atoms with Crippen molar-refractivity contribution in [1.29, 1.82) is 0 Å². The number of hydrogen-bond acceptors (Lipinski definition) is 0. The Morgan fingerprint density at radius 2 is 1.20 bits per heavy atom. The fraction of sp³-hybridized carbons (Fsp3) is 0.286. The van der Waals surface area contributed by atoms with Crippen molar-refractivity contribution in [3.05, 3.63) is 51.9 Å². The Morgan fingerprint density at radius 1 is 0.733 bits per heavy atom. The molecular weight excluding hydrogens is 196 g/mol. The molecule has 77 valence electrons. The first-order valence-electron chi connectivity index (χ1n) is 5.41. The van der Waals surface area contributed by atoms with E-state index in [1.54, 1.807) is 10.4 Å². The second kappa shape index (κ2) is 3.82. The lowest BCUT2D eigenvalue weighted by Gasteiger charge is -2.12. The van der Waals surface area contributed by atoms with Crippen LogP contribution in [0.15, 0.2) is 51.9 Å². The van der Waals surface area contributed by atoms with Crippen LogP contribution in [0.5, 0.6) is 0 Å². The summed E-state index contributed by atoms with van der Waals surface area (Å²) in [6, 6.07) is 10.9. The maximum absolute atomic E-state index is 2.30. The molecule has 1 aliphatic heterocycles. The van der Waals surface area contributed by atoms with Crippen LogP contribution in [0.25, 0.3) is 0 Å². The summed E-state index contributed by atoms with van der Waals surface area (Å²) in [5.74, 6) is 0. The van der Waals surface area contributed by atoms with Crippen molar-refractivity contribution in [2.24, 2.45) is 0 Å². The van der Waals surface area contributed by atoms with Crippen molar-refractivity contribution in [1.82, 2.24) is 0 Å². The molecule has 1 heterocycles. The first-order valence-corrected chi connectivity index (χ1v) is 6.91. The molecule has 2 rings (SSSR count). The van der Waals surface area contributed by atoms with E-state index in [4.69, 9.17) is 0 Å². The highest BCUT2D eigenvalue weighted by Gasteiger charge is 2.27. The quantitative estimate of drug-likeness (QED) is 0.629. The molecule has 0 bridgehead atoms. The molecule has 0 saturated heterocycles. The summed E-state index contributed by atoms with van der Waals surface area (Å²) in [7, 11) is -0.583. The largest absolute Gasteiger partial charge is 0.146 e. The first-order chi connectivity index (χ1) is 7.13. The van der Waals surface area contributed by atoms with Gasteiger partial charge in [-0.2, -0.15) is 0 Å². The van der Waals surface area contributed by atoms with Gasteiger partial charge < -0.3 is 0 Å². The van der Waals surface area contributed by atoms with Gasteiger partial charge in [-0.1, -0.05) is 57.1 Å². The summed E-state index contributed by atoms with van der Waals surface area (Å²) >= 11 is 0. The van der Waals surface area contributed by atoms with Gasteiger partial charge in [0.1, 0.15) is 8.80 Å². The summed E-state index contributed by atoms with van der Waals surface area (Å²) < 4.78 is 0. The summed E-state index contributed by atoms with van der Waals surface area (Å²) in [5.41, 5.74) is 3.04. The highest BCUT2D eigenvalue weighted by atomic mass is 28.3. The Bertz CT molecular complexity index is 414. The van der Waals surface area contributed by atoms with Crippen LogP contribution in [0.2, 0.25) is 0 Å². The molecule has 0 unspecified atom stereocenters. The molecule has 1 aromatic carbocycles.